The fourth-order valence-electron chi connectivity index (χ4n) is 2.00. The molecule has 2 aromatic rings. The third-order valence-corrected chi connectivity index (χ3v) is 5.68. The Labute approximate surface area is 136 Å². The highest BCUT2D eigenvalue weighted by atomic mass is 79.9. The van der Waals surface area contributed by atoms with Gasteiger partial charge in [0.2, 0.25) is 0 Å². The van der Waals surface area contributed by atoms with Crippen LogP contribution in [-0.4, -0.2) is 6.54 Å². The Morgan fingerprint density at radius 3 is 2.63 bits per heavy atom. The van der Waals surface area contributed by atoms with Crippen LogP contribution in [0.2, 0.25) is 9.36 Å². The number of nitrogens with one attached hydrogen (secondary N) is 1. The molecule has 0 saturated carbocycles. The van der Waals surface area contributed by atoms with Crippen LogP contribution in [0, 0.1) is 6.92 Å². The van der Waals surface area contributed by atoms with Crippen LogP contribution in [-0.2, 0) is 0 Å². The number of aryl methyl sites for hydroxylation is 1. The third-order valence-electron chi connectivity index (χ3n) is 2.91. The molecule has 2 rings (SSSR count). The molecule has 0 radical (unpaired) electrons. The molecule has 5 heteroatoms. The van der Waals surface area contributed by atoms with Gasteiger partial charge in [0.25, 0.3) is 0 Å². The summed E-state index contributed by atoms with van der Waals surface area (Å²) in [6, 6.07) is 8.18. The predicted octanol–water partition coefficient (Wildman–Crippen LogP) is 5.82. The molecule has 0 aliphatic heterocycles. The van der Waals surface area contributed by atoms with E-state index in [2.05, 4.69) is 41.2 Å². The fraction of sp³-hybridized carbons (Fsp3) is 0.286. The van der Waals surface area contributed by atoms with Crippen molar-refractivity contribution in [3.05, 3.63) is 54.1 Å². The van der Waals surface area contributed by atoms with E-state index in [1.165, 1.54) is 16.0 Å². The van der Waals surface area contributed by atoms with E-state index < -0.39 is 0 Å². The predicted molar refractivity (Wildman–Crippen MR) is 88.7 cm³/mol. The molecule has 0 aliphatic carbocycles. The van der Waals surface area contributed by atoms with Gasteiger partial charge in [-0.15, -0.1) is 11.3 Å². The van der Waals surface area contributed by atoms with Crippen LogP contribution in [0.4, 0.5) is 0 Å². The standard InChI is InChI=1S/C14H14BrCl2NS/c1-3-18-13(12-7-11(15)14(17)19-12)10-6-9(16)5-4-8(10)2/h4-7,13,18H,3H2,1-2H3. The van der Waals surface area contributed by atoms with Gasteiger partial charge < -0.3 is 5.32 Å². The molecule has 0 saturated heterocycles. The van der Waals surface area contributed by atoms with Crippen LogP contribution in [0.15, 0.2) is 28.7 Å². The molecule has 1 heterocycles. The lowest BCUT2D eigenvalue weighted by molar-refractivity contribution is 0.636. The Bertz CT molecular complexity index is 563. The molecule has 0 bridgehead atoms. The molecule has 1 aromatic heterocycles. The van der Waals surface area contributed by atoms with Gasteiger partial charge in [-0.05, 0) is 58.7 Å². The molecule has 102 valence electrons. The maximum atomic E-state index is 6.15. The zero-order chi connectivity index (χ0) is 14.0. The van der Waals surface area contributed by atoms with Crippen molar-refractivity contribution < 1.29 is 0 Å². The van der Waals surface area contributed by atoms with Crippen molar-refractivity contribution in [3.8, 4) is 0 Å². The summed E-state index contributed by atoms with van der Waals surface area (Å²) in [5.74, 6) is 0. The Morgan fingerprint density at radius 2 is 2.05 bits per heavy atom. The number of halogens is 3. The molecule has 1 unspecified atom stereocenters. The van der Waals surface area contributed by atoms with E-state index >= 15 is 0 Å². The van der Waals surface area contributed by atoms with Gasteiger partial charge in [0.1, 0.15) is 4.34 Å². The van der Waals surface area contributed by atoms with E-state index in [4.69, 9.17) is 23.2 Å². The van der Waals surface area contributed by atoms with Crippen molar-refractivity contribution in [1.29, 1.82) is 0 Å². The normalized spacial score (nSPS) is 12.7. The van der Waals surface area contributed by atoms with Crippen molar-refractivity contribution in [2.75, 3.05) is 6.54 Å². The SMILES string of the molecule is CCNC(c1cc(Br)c(Cl)s1)c1cc(Cl)ccc1C. The van der Waals surface area contributed by atoms with Crippen molar-refractivity contribution in [2.24, 2.45) is 0 Å². The molecule has 1 aromatic carbocycles. The molecule has 19 heavy (non-hydrogen) atoms. The summed E-state index contributed by atoms with van der Waals surface area (Å²) in [6.07, 6.45) is 0. The van der Waals surface area contributed by atoms with Gasteiger partial charge in [0.15, 0.2) is 0 Å². The first-order chi connectivity index (χ1) is 9.02. The number of hydrogen-bond donors (Lipinski definition) is 1. The van der Waals surface area contributed by atoms with Crippen LogP contribution in [0.1, 0.15) is 29.0 Å². The minimum absolute atomic E-state index is 0.123. The van der Waals surface area contributed by atoms with E-state index in [9.17, 15) is 0 Å². The first-order valence-electron chi connectivity index (χ1n) is 5.97. The Kier molecular flexibility index (Phi) is 5.32. The zero-order valence-corrected chi connectivity index (χ0v) is 14.6. The number of thiophene rings is 1. The second kappa shape index (κ2) is 6.59. The van der Waals surface area contributed by atoms with Crippen molar-refractivity contribution in [1.82, 2.24) is 5.32 Å². The van der Waals surface area contributed by atoms with Gasteiger partial charge in [0.05, 0.1) is 6.04 Å². The first-order valence-corrected chi connectivity index (χ1v) is 8.33. The lowest BCUT2D eigenvalue weighted by Crippen LogP contribution is -2.21. The van der Waals surface area contributed by atoms with Crippen molar-refractivity contribution >= 4 is 50.5 Å². The summed E-state index contributed by atoms with van der Waals surface area (Å²) in [5.41, 5.74) is 2.41. The van der Waals surface area contributed by atoms with E-state index in [-0.39, 0.29) is 6.04 Å². The Balaban J connectivity index is 2.47. The highest BCUT2D eigenvalue weighted by Gasteiger charge is 2.19. The number of hydrogen-bond acceptors (Lipinski definition) is 2. The van der Waals surface area contributed by atoms with Gasteiger partial charge in [-0.1, -0.05) is 36.2 Å². The minimum Gasteiger partial charge on any atom is -0.306 e. The molecule has 0 spiro atoms. The molecule has 1 nitrogen and oxygen atoms in total. The smallest absolute Gasteiger partial charge is 0.107 e. The maximum Gasteiger partial charge on any atom is 0.107 e. The summed E-state index contributed by atoms with van der Waals surface area (Å²) < 4.78 is 1.72. The second-order valence-electron chi connectivity index (χ2n) is 4.26. The molecular formula is C14H14BrCl2NS. The average Bonchev–Trinajstić information content (AvgIpc) is 2.70. The quantitative estimate of drug-likeness (QED) is 0.706. The van der Waals surface area contributed by atoms with E-state index in [1.807, 2.05) is 18.2 Å². The van der Waals surface area contributed by atoms with Crippen LogP contribution in [0.3, 0.4) is 0 Å². The summed E-state index contributed by atoms with van der Waals surface area (Å²) in [7, 11) is 0. The Hall–Kier alpha value is -0.0600. The van der Waals surface area contributed by atoms with Crippen LogP contribution in [0.5, 0.6) is 0 Å². The van der Waals surface area contributed by atoms with E-state index in [0.29, 0.717) is 0 Å². The average molecular weight is 379 g/mol. The molecule has 1 atom stereocenters. The maximum absolute atomic E-state index is 6.15. The van der Waals surface area contributed by atoms with Gasteiger partial charge >= 0.3 is 0 Å². The highest BCUT2D eigenvalue weighted by molar-refractivity contribution is 9.10. The van der Waals surface area contributed by atoms with Gasteiger partial charge in [0, 0.05) is 14.4 Å². The Morgan fingerprint density at radius 1 is 1.32 bits per heavy atom. The summed E-state index contributed by atoms with van der Waals surface area (Å²) in [5, 5.41) is 4.25. The number of rotatable bonds is 4. The van der Waals surface area contributed by atoms with Crippen LogP contribution >= 0.6 is 50.5 Å². The van der Waals surface area contributed by atoms with Gasteiger partial charge in [-0.25, -0.2) is 0 Å². The van der Waals surface area contributed by atoms with Crippen molar-refractivity contribution in [3.63, 3.8) is 0 Å². The molecular weight excluding hydrogens is 365 g/mol. The largest absolute Gasteiger partial charge is 0.306 e. The molecule has 1 N–H and O–H groups in total. The second-order valence-corrected chi connectivity index (χ2v) is 7.24. The molecule has 0 fully saturated rings. The third kappa shape index (κ3) is 3.53. The molecule has 0 amide bonds. The zero-order valence-electron chi connectivity index (χ0n) is 10.6. The lowest BCUT2D eigenvalue weighted by Gasteiger charge is -2.19. The van der Waals surface area contributed by atoms with E-state index in [0.717, 1.165) is 20.4 Å². The van der Waals surface area contributed by atoms with Gasteiger partial charge in [-0.2, -0.15) is 0 Å². The van der Waals surface area contributed by atoms with Gasteiger partial charge in [-0.3, -0.25) is 0 Å². The van der Waals surface area contributed by atoms with Crippen LogP contribution < -0.4 is 5.32 Å². The lowest BCUT2D eigenvalue weighted by atomic mass is 10.00. The summed E-state index contributed by atoms with van der Waals surface area (Å²) >= 11 is 17.3. The highest BCUT2D eigenvalue weighted by Crippen LogP contribution is 2.38. The topological polar surface area (TPSA) is 12.0 Å². The molecule has 0 aliphatic rings. The summed E-state index contributed by atoms with van der Waals surface area (Å²) in [6.45, 7) is 5.07. The minimum atomic E-state index is 0.123. The monoisotopic (exact) mass is 377 g/mol. The fourth-order valence-corrected chi connectivity index (χ4v) is 4.01. The van der Waals surface area contributed by atoms with E-state index in [1.54, 1.807) is 11.3 Å². The first kappa shape index (κ1) is 15.3. The van der Waals surface area contributed by atoms with Crippen molar-refractivity contribution in [2.45, 2.75) is 19.9 Å². The summed E-state index contributed by atoms with van der Waals surface area (Å²) in [4.78, 5) is 1.18. The van der Waals surface area contributed by atoms with Crippen LogP contribution in [0.25, 0.3) is 0 Å². The number of benzene rings is 1.